The Bertz CT molecular complexity index is 1180. The van der Waals surface area contributed by atoms with Gasteiger partial charge in [-0.2, -0.15) is 4.98 Å². The van der Waals surface area contributed by atoms with E-state index >= 15 is 0 Å². The summed E-state index contributed by atoms with van der Waals surface area (Å²) in [6, 6.07) is 14.1. The number of urea groups is 1. The number of hydrogen-bond acceptors (Lipinski definition) is 6. The Morgan fingerprint density at radius 1 is 1.21 bits per heavy atom. The molecule has 4 rings (SSSR count). The first-order valence-electron chi connectivity index (χ1n) is 11.1. The van der Waals surface area contributed by atoms with Gasteiger partial charge >= 0.3 is 6.03 Å². The highest BCUT2D eigenvalue weighted by molar-refractivity contribution is 6.30. The minimum atomic E-state index is -0.487. The molecule has 2 heterocycles. The Kier molecular flexibility index (Phi) is 7.49. The van der Waals surface area contributed by atoms with Gasteiger partial charge in [-0.25, -0.2) is 4.79 Å². The van der Waals surface area contributed by atoms with Gasteiger partial charge in [0, 0.05) is 36.0 Å². The van der Waals surface area contributed by atoms with Crippen molar-refractivity contribution in [3.8, 4) is 17.1 Å². The largest absolute Gasteiger partial charge is 0.497 e. The fraction of sp³-hybridized carbons (Fsp3) is 0.320. The van der Waals surface area contributed by atoms with Crippen molar-refractivity contribution in [3.05, 3.63) is 70.7 Å². The quantitative estimate of drug-likeness (QED) is 0.415. The van der Waals surface area contributed by atoms with E-state index in [0.717, 1.165) is 28.1 Å². The van der Waals surface area contributed by atoms with Crippen molar-refractivity contribution in [2.45, 2.75) is 26.3 Å². The molecule has 1 N–H and O–H groups in total. The number of rotatable bonds is 9. The average Bonchev–Trinajstić information content (AvgIpc) is 3.33. The molecule has 0 aliphatic carbocycles. The van der Waals surface area contributed by atoms with Crippen LogP contribution in [0, 0.1) is 0 Å². The van der Waals surface area contributed by atoms with E-state index in [2.05, 4.69) is 15.5 Å². The maximum Gasteiger partial charge on any atom is 0.322 e. The zero-order chi connectivity index (χ0) is 24.1. The highest BCUT2D eigenvalue weighted by atomic mass is 35.5. The Hall–Kier alpha value is -3.36. The van der Waals surface area contributed by atoms with E-state index in [1.807, 2.05) is 56.3 Å². The lowest BCUT2D eigenvalue weighted by Crippen LogP contribution is -2.46. The van der Waals surface area contributed by atoms with Crippen LogP contribution < -0.4 is 10.1 Å². The minimum absolute atomic E-state index is 0.197. The topological polar surface area (TPSA) is 89.7 Å². The monoisotopic (exact) mass is 482 g/mol. The van der Waals surface area contributed by atoms with Gasteiger partial charge in [-0.05, 0) is 62.2 Å². The van der Waals surface area contributed by atoms with Crippen molar-refractivity contribution in [3.63, 3.8) is 0 Å². The van der Waals surface area contributed by atoms with Gasteiger partial charge in [0.25, 0.3) is 5.89 Å². The summed E-state index contributed by atoms with van der Waals surface area (Å²) in [6.07, 6.45) is 0.703. The Morgan fingerprint density at radius 3 is 2.71 bits per heavy atom. The Balaban J connectivity index is 1.72. The molecule has 1 aromatic heterocycles. The highest BCUT2D eigenvalue weighted by Gasteiger charge is 2.35. The first-order valence-corrected chi connectivity index (χ1v) is 11.5. The number of carbonyl (C=O) groups excluding carboxylic acids is 1. The first kappa shape index (κ1) is 23.8. The van der Waals surface area contributed by atoms with Gasteiger partial charge in [-0.15, -0.1) is 0 Å². The van der Waals surface area contributed by atoms with Gasteiger partial charge in [0.1, 0.15) is 5.75 Å². The summed E-state index contributed by atoms with van der Waals surface area (Å²) in [5.41, 5.74) is 3.09. The van der Waals surface area contributed by atoms with E-state index in [0.29, 0.717) is 42.9 Å². The number of aromatic nitrogens is 2. The third kappa shape index (κ3) is 5.08. The van der Waals surface area contributed by atoms with Crippen molar-refractivity contribution in [2.24, 2.45) is 0 Å². The predicted octanol–water partition coefficient (Wildman–Crippen LogP) is 5.32. The molecule has 0 spiro atoms. The predicted molar refractivity (Wildman–Crippen MR) is 129 cm³/mol. The lowest BCUT2D eigenvalue weighted by molar-refractivity contribution is 0.136. The van der Waals surface area contributed by atoms with Crippen LogP contribution in [0.3, 0.4) is 0 Å². The van der Waals surface area contributed by atoms with Crippen molar-refractivity contribution in [2.75, 3.05) is 26.9 Å². The molecular weight excluding hydrogens is 456 g/mol. The van der Waals surface area contributed by atoms with Gasteiger partial charge in [0.2, 0.25) is 5.82 Å². The third-order valence-corrected chi connectivity index (χ3v) is 5.89. The molecular formula is C25H27ClN4O4. The van der Waals surface area contributed by atoms with Crippen molar-refractivity contribution < 1.29 is 18.8 Å². The summed E-state index contributed by atoms with van der Waals surface area (Å²) in [5, 5.41) is 7.84. The van der Waals surface area contributed by atoms with Crippen LogP contribution in [0.1, 0.15) is 37.8 Å². The molecule has 2 amide bonds. The summed E-state index contributed by atoms with van der Waals surface area (Å²) in [4.78, 5) is 19.4. The van der Waals surface area contributed by atoms with E-state index < -0.39 is 6.04 Å². The molecule has 1 unspecified atom stereocenters. The molecule has 0 saturated heterocycles. The summed E-state index contributed by atoms with van der Waals surface area (Å²) in [5.74, 6) is 1.52. The molecule has 0 saturated carbocycles. The number of nitrogens with zero attached hydrogens (tertiary/aromatic N) is 3. The number of allylic oxidation sites excluding steroid dienone is 1. The maximum atomic E-state index is 13.0. The second kappa shape index (κ2) is 10.7. The van der Waals surface area contributed by atoms with Crippen molar-refractivity contribution in [1.29, 1.82) is 0 Å². The molecule has 2 aromatic carbocycles. The zero-order valence-corrected chi connectivity index (χ0v) is 20.1. The minimum Gasteiger partial charge on any atom is -0.497 e. The van der Waals surface area contributed by atoms with Crippen LogP contribution in [0.25, 0.3) is 17.0 Å². The number of halogens is 1. The number of ether oxygens (including phenoxy) is 2. The molecule has 0 bridgehead atoms. The number of amides is 2. The number of carbonyl (C=O) groups is 1. The van der Waals surface area contributed by atoms with Gasteiger partial charge in [0.05, 0.1) is 18.7 Å². The smallest absolute Gasteiger partial charge is 0.322 e. The molecule has 3 aromatic rings. The first-order chi connectivity index (χ1) is 16.5. The summed E-state index contributed by atoms with van der Waals surface area (Å²) >= 11 is 6.25. The molecule has 178 valence electrons. The Labute approximate surface area is 203 Å². The van der Waals surface area contributed by atoms with Gasteiger partial charge < -0.3 is 19.3 Å². The number of nitrogens with one attached hydrogen (secondary N) is 1. The third-order valence-electron chi connectivity index (χ3n) is 5.66. The van der Waals surface area contributed by atoms with Crippen LogP contribution in [0.5, 0.6) is 5.75 Å². The van der Waals surface area contributed by atoms with E-state index in [-0.39, 0.29) is 6.03 Å². The van der Waals surface area contributed by atoms with Crippen LogP contribution in [0.2, 0.25) is 5.02 Å². The summed E-state index contributed by atoms with van der Waals surface area (Å²) in [7, 11) is 1.62. The second-order valence-corrected chi connectivity index (χ2v) is 8.23. The zero-order valence-electron chi connectivity index (χ0n) is 19.4. The van der Waals surface area contributed by atoms with Gasteiger partial charge in [0.15, 0.2) is 0 Å². The number of methoxy groups -OCH3 is 1. The van der Waals surface area contributed by atoms with E-state index in [1.165, 1.54) is 0 Å². The van der Waals surface area contributed by atoms with Gasteiger partial charge in [-0.3, -0.25) is 4.90 Å². The van der Waals surface area contributed by atoms with Crippen LogP contribution in [0.4, 0.5) is 4.79 Å². The fourth-order valence-electron chi connectivity index (χ4n) is 3.92. The van der Waals surface area contributed by atoms with E-state index in [1.54, 1.807) is 18.1 Å². The second-order valence-electron chi connectivity index (χ2n) is 7.79. The fourth-order valence-corrected chi connectivity index (χ4v) is 4.12. The maximum absolute atomic E-state index is 13.0. The van der Waals surface area contributed by atoms with Crippen LogP contribution in [-0.4, -0.2) is 47.9 Å². The lowest BCUT2D eigenvalue weighted by Gasteiger charge is -2.35. The summed E-state index contributed by atoms with van der Waals surface area (Å²) < 4.78 is 16.4. The average molecular weight is 483 g/mol. The molecule has 1 atom stereocenters. The van der Waals surface area contributed by atoms with Gasteiger partial charge in [-0.1, -0.05) is 28.9 Å². The van der Waals surface area contributed by atoms with Crippen molar-refractivity contribution >= 4 is 23.2 Å². The lowest BCUT2D eigenvalue weighted by atomic mass is 9.94. The highest BCUT2D eigenvalue weighted by Crippen LogP contribution is 2.38. The molecule has 9 heteroatoms. The normalized spacial score (nSPS) is 16.1. The van der Waals surface area contributed by atoms with Crippen LogP contribution in [-0.2, 0) is 4.74 Å². The van der Waals surface area contributed by atoms with Crippen molar-refractivity contribution in [1.82, 2.24) is 20.4 Å². The molecule has 34 heavy (non-hydrogen) atoms. The number of hydrogen-bond donors (Lipinski definition) is 1. The molecule has 8 nitrogen and oxygen atoms in total. The molecule has 1 aliphatic heterocycles. The van der Waals surface area contributed by atoms with Crippen LogP contribution in [0.15, 0.2) is 58.8 Å². The van der Waals surface area contributed by atoms with Crippen LogP contribution >= 0.6 is 11.6 Å². The van der Waals surface area contributed by atoms with E-state index in [9.17, 15) is 4.79 Å². The number of benzene rings is 2. The van der Waals surface area contributed by atoms with E-state index in [4.69, 9.17) is 25.6 Å². The molecule has 0 fully saturated rings. The molecule has 1 aliphatic rings. The summed E-state index contributed by atoms with van der Waals surface area (Å²) in [6.45, 7) is 5.55. The SMILES string of the molecule is CCOCCCN1C(=O)NC(c2cccc(Cl)c2)C(c2nc(-c3ccc(OC)cc3)no2)=C1C. The Morgan fingerprint density at radius 2 is 2.00 bits per heavy atom. The molecule has 0 radical (unpaired) electrons. The standard InChI is InChI=1S/C25H27ClN4O4/c1-4-33-14-6-13-30-16(2)21(22(27-25(30)31)18-7-5-8-19(26)15-18)24-28-23(29-34-24)17-9-11-20(32-3)12-10-17/h5,7-12,15,22H,4,6,13-14H2,1-3H3,(H,27,31).